The molecule has 1 heterocycles. The minimum absolute atomic E-state index is 0.164. The molecule has 1 aromatic carbocycles. The normalized spacial score (nSPS) is 17.6. The zero-order valence-electron chi connectivity index (χ0n) is 15.9. The monoisotopic (exact) mass is 337 g/mol. The second-order valence-electron chi connectivity index (χ2n) is 8.38. The van der Waals surface area contributed by atoms with Crippen molar-refractivity contribution in [3.63, 3.8) is 0 Å². The van der Waals surface area contributed by atoms with Crippen LogP contribution in [-0.2, 0) is 6.42 Å². The van der Waals surface area contributed by atoms with Crippen LogP contribution in [0.25, 0.3) is 0 Å². The zero-order chi connectivity index (χ0) is 17.9. The molecule has 3 heteroatoms. The summed E-state index contributed by atoms with van der Waals surface area (Å²) in [7, 11) is 0. The van der Waals surface area contributed by atoms with Crippen molar-refractivity contribution in [3.8, 4) is 0 Å². The van der Waals surface area contributed by atoms with E-state index in [2.05, 4.69) is 73.3 Å². The highest BCUT2D eigenvalue weighted by molar-refractivity contribution is 5.97. The molecule has 0 bridgehead atoms. The number of hydrogen-bond acceptors (Lipinski definition) is 3. The van der Waals surface area contributed by atoms with Crippen LogP contribution in [0.3, 0.4) is 0 Å². The van der Waals surface area contributed by atoms with Gasteiger partial charge < -0.3 is 10.6 Å². The van der Waals surface area contributed by atoms with Gasteiger partial charge in [-0.3, -0.25) is 4.99 Å². The summed E-state index contributed by atoms with van der Waals surface area (Å²) in [6.45, 7) is 11.5. The maximum atomic E-state index is 4.55. The lowest BCUT2D eigenvalue weighted by Gasteiger charge is -2.25. The molecule has 134 valence electrons. The average molecular weight is 338 g/mol. The Hall–Kier alpha value is -2.03. The molecular weight excluding hydrogens is 306 g/mol. The molecule has 0 saturated heterocycles. The van der Waals surface area contributed by atoms with Gasteiger partial charge in [0.25, 0.3) is 0 Å². The van der Waals surface area contributed by atoms with Gasteiger partial charge in [-0.05, 0) is 53.5 Å². The van der Waals surface area contributed by atoms with Gasteiger partial charge in [0, 0.05) is 5.69 Å². The fraction of sp³-hybridized carbons (Fsp3) is 0.500. The molecule has 0 atom stereocenters. The molecule has 0 unspecified atom stereocenters. The summed E-state index contributed by atoms with van der Waals surface area (Å²) in [6.07, 6.45) is 8.96. The molecule has 0 amide bonds. The standard InChI is InChI=1S/C22H31N3/c1-16(25-21-14-19(15-23-21)22(2,3)4)24-20-12-10-18(11-13-20)9-8-17-6-5-7-17/h10-14,17,24H,1,5-9,15H2,2-4H3,(H,23,25). The summed E-state index contributed by atoms with van der Waals surface area (Å²) in [5.74, 6) is 2.62. The predicted octanol–water partition coefficient (Wildman–Crippen LogP) is 5.28. The lowest BCUT2D eigenvalue weighted by molar-refractivity contribution is 0.296. The van der Waals surface area contributed by atoms with Gasteiger partial charge in [0.1, 0.15) is 11.7 Å². The first-order valence-corrected chi connectivity index (χ1v) is 9.47. The molecule has 1 fully saturated rings. The second-order valence-corrected chi connectivity index (χ2v) is 8.38. The molecule has 3 nitrogen and oxygen atoms in total. The number of anilines is 1. The highest BCUT2D eigenvalue weighted by Gasteiger charge is 2.21. The second kappa shape index (κ2) is 7.47. The summed E-state index contributed by atoms with van der Waals surface area (Å²) in [4.78, 5) is 4.55. The molecule has 1 aromatic rings. The Kier molecular flexibility index (Phi) is 5.31. The van der Waals surface area contributed by atoms with Gasteiger partial charge in [-0.1, -0.05) is 58.7 Å². The number of rotatable bonds is 6. The first-order chi connectivity index (χ1) is 11.9. The third kappa shape index (κ3) is 4.97. The Morgan fingerprint density at radius 3 is 2.44 bits per heavy atom. The van der Waals surface area contributed by atoms with Crippen molar-refractivity contribution >= 4 is 11.5 Å². The summed E-state index contributed by atoms with van der Waals surface area (Å²) < 4.78 is 0. The largest absolute Gasteiger partial charge is 0.342 e. The van der Waals surface area contributed by atoms with Crippen LogP contribution in [0.1, 0.15) is 52.0 Å². The summed E-state index contributed by atoms with van der Waals surface area (Å²) in [5.41, 5.74) is 3.99. The number of aliphatic imine (C=N–C) groups is 1. The lowest BCUT2D eigenvalue weighted by Crippen LogP contribution is -2.24. The van der Waals surface area contributed by atoms with Crippen LogP contribution in [0.4, 0.5) is 5.69 Å². The molecule has 3 rings (SSSR count). The molecular formula is C22H31N3. The van der Waals surface area contributed by atoms with Gasteiger partial charge in [-0.25, -0.2) is 0 Å². The number of aryl methyl sites for hydroxylation is 1. The van der Waals surface area contributed by atoms with E-state index in [0.29, 0.717) is 0 Å². The van der Waals surface area contributed by atoms with Crippen molar-refractivity contribution < 1.29 is 0 Å². The van der Waals surface area contributed by atoms with Crippen molar-refractivity contribution in [2.24, 2.45) is 16.3 Å². The van der Waals surface area contributed by atoms with Crippen LogP contribution in [-0.4, -0.2) is 12.4 Å². The fourth-order valence-corrected chi connectivity index (χ4v) is 3.22. The SMILES string of the molecule is C=C(NC1=NCC(C(C)(C)C)=C1)Nc1ccc(CCC2CCC2)cc1. The van der Waals surface area contributed by atoms with Crippen molar-refractivity contribution in [1.82, 2.24) is 5.32 Å². The number of nitrogens with zero attached hydrogens (tertiary/aromatic N) is 1. The van der Waals surface area contributed by atoms with Gasteiger partial charge in [0.15, 0.2) is 0 Å². The molecule has 2 N–H and O–H groups in total. The van der Waals surface area contributed by atoms with Crippen molar-refractivity contribution in [2.75, 3.05) is 11.9 Å². The van der Waals surface area contributed by atoms with Crippen LogP contribution < -0.4 is 10.6 Å². The van der Waals surface area contributed by atoms with E-state index in [1.807, 2.05) is 0 Å². The quantitative estimate of drug-likeness (QED) is 0.741. The highest BCUT2D eigenvalue weighted by atomic mass is 15.1. The Morgan fingerprint density at radius 1 is 1.16 bits per heavy atom. The Morgan fingerprint density at radius 2 is 1.88 bits per heavy atom. The third-order valence-corrected chi connectivity index (χ3v) is 5.29. The van der Waals surface area contributed by atoms with Gasteiger partial charge >= 0.3 is 0 Å². The van der Waals surface area contributed by atoms with E-state index >= 15 is 0 Å². The van der Waals surface area contributed by atoms with Crippen LogP contribution in [0.2, 0.25) is 0 Å². The van der Waals surface area contributed by atoms with Gasteiger partial charge in [-0.15, -0.1) is 0 Å². The Bertz CT molecular complexity index is 670. The first kappa shape index (κ1) is 17.8. The van der Waals surface area contributed by atoms with E-state index in [-0.39, 0.29) is 5.41 Å². The highest BCUT2D eigenvalue weighted by Crippen LogP contribution is 2.30. The minimum atomic E-state index is 0.164. The summed E-state index contributed by atoms with van der Waals surface area (Å²) in [5, 5.41) is 6.59. The minimum Gasteiger partial charge on any atom is -0.342 e. The smallest absolute Gasteiger partial charge is 0.126 e. The topological polar surface area (TPSA) is 36.4 Å². The third-order valence-electron chi connectivity index (χ3n) is 5.29. The molecule has 1 saturated carbocycles. The summed E-state index contributed by atoms with van der Waals surface area (Å²) >= 11 is 0. The lowest BCUT2D eigenvalue weighted by atomic mass is 9.81. The fourth-order valence-electron chi connectivity index (χ4n) is 3.22. The predicted molar refractivity (Wildman–Crippen MR) is 108 cm³/mol. The van der Waals surface area contributed by atoms with E-state index in [1.54, 1.807) is 0 Å². The van der Waals surface area contributed by atoms with E-state index < -0.39 is 0 Å². The molecule has 2 aliphatic rings. The Labute approximate surface area is 152 Å². The maximum Gasteiger partial charge on any atom is 0.126 e. The van der Waals surface area contributed by atoms with E-state index in [9.17, 15) is 0 Å². The molecule has 0 aromatic heterocycles. The van der Waals surface area contributed by atoms with Crippen LogP contribution in [0.15, 0.2) is 53.3 Å². The molecule has 25 heavy (non-hydrogen) atoms. The number of benzene rings is 1. The molecule has 0 radical (unpaired) electrons. The van der Waals surface area contributed by atoms with Crippen molar-refractivity contribution in [2.45, 2.75) is 52.9 Å². The average Bonchev–Trinajstić information content (AvgIpc) is 2.96. The van der Waals surface area contributed by atoms with Gasteiger partial charge in [0.05, 0.1) is 6.54 Å². The van der Waals surface area contributed by atoms with E-state index in [1.165, 1.54) is 43.2 Å². The molecule has 1 aliphatic carbocycles. The molecule has 1 aliphatic heterocycles. The maximum absolute atomic E-state index is 4.55. The number of nitrogens with one attached hydrogen (secondary N) is 2. The van der Waals surface area contributed by atoms with Crippen LogP contribution in [0, 0.1) is 11.3 Å². The summed E-state index contributed by atoms with van der Waals surface area (Å²) in [6, 6.07) is 8.71. The molecule has 0 spiro atoms. The van der Waals surface area contributed by atoms with Gasteiger partial charge in [0.2, 0.25) is 0 Å². The zero-order valence-corrected chi connectivity index (χ0v) is 15.9. The van der Waals surface area contributed by atoms with E-state index in [4.69, 9.17) is 0 Å². The van der Waals surface area contributed by atoms with Crippen LogP contribution >= 0.6 is 0 Å². The number of amidine groups is 1. The van der Waals surface area contributed by atoms with E-state index in [0.717, 1.165) is 29.8 Å². The van der Waals surface area contributed by atoms with Crippen molar-refractivity contribution in [3.05, 3.63) is 53.9 Å². The van der Waals surface area contributed by atoms with Gasteiger partial charge in [-0.2, -0.15) is 0 Å². The first-order valence-electron chi connectivity index (χ1n) is 9.47. The van der Waals surface area contributed by atoms with Crippen LogP contribution in [0.5, 0.6) is 0 Å². The Balaban J connectivity index is 1.47. The van der Waals surface area contributed by atoms with Crippen molar-refractivity contribution in [1.29, 1.82) is 0 Å². The number of hydrogen-bond donors (Lipinski definition) is 2.